The van der Waals surface area contributed by atoms with E-state index in [2.05, 4.69) is 29.7 Å². The summed E-state index contributed by atoms with van der Waals surface area (Å²) in [4.78, 5) is 0. The molecule has 2 heterocycles. The van der Waals surface area contributed by atoms with Gasteiger partial charge in [0, 0.05) is 24.5 Å². The van der Waals surface area contributed by atoms with Gasteiger partial charge in [0.15, 0.2) is 5.71 Å². The van der Waals surface area contributed by atoms with Crippen LogP contribution in [0.2, 0.25) is 0 Å². The fraction of sp³-hybridized carbons (Fsp3) is 0.588. The van der Waals surface area contributed by atoms with Crippen molar-refractivity contribution in [1.82, 2.24) is 0 Å². The lowest BCUT2D eigenvalue weighted by molar-refractivity contribution is -0.444. The monoisotopic (exact) mass is 240 g/mol. The molecule has 3 aliphatic rings. The molecule has 4 rings (SSSR count). The number of aryl methyl sites for hydroxylation is 1. The Morgan fingerprint density at radius 1 is 1.06 bits per heavy atom. The highest BCUT2D eigenvalue weighted by molar-refractivity contribution is 5.94. The van der Waals surface area contributed by atoms with E-state index >= 15 is 0 Å². The maximum Gasteiger partial charge on any atom is 0.212 e. The Labute approximate surface area is 110 Å². The predicted molar refractivity (Wildman–Crippen MR) is 75.0 cm³/mol. The van der Waals surface area contributed by atoms with Gasteiger partial charge in [-0.05, 0) is 19.3 Å². The standard InChI is InChI=1S/C17H22N/c1-13-17(10-3-2-4-11-17)15-9-5-7-14-8-6-12-18(13)16(14)15/h5,7,9H,2-4,6,8,10-12H2,1H3/q+1. The number of hydrogen-bond donors (Lipinski definition) is 0. The fourth-order valence-corrected chi connectivity index (χ4v) is 4.61. The predicted octanol–water partition coefficient (Wildman–Crippen LogP) is 3.95. The minimum atomic E-state index is 0.411. The van der Waals surface area contributed by atoms with Crippen molar-refractivity contribution in [1.29, 1.82) is 0 Å². The summed E-state index contributed by atoms with van der Waals surface area (Å²) in [5, 5.41) is 0. The van der Waals surface area contributed by atoms with Crippen LogP contribution in [0.25, 0.3) is 0 Å². The largest absolute Gasteiger partial charge is 0.212 e. The molecule has 1 nitrogen and oxygen atoms in total. The van der Waals surface area contributed by atoms with Gasteiger partial charge < -0.3 is 0 Å². The van der Waals surface area contributed by atoms with Crippen LogP contribution in [0.4, 0.5) is 5.69 Å². The van der Waals surface area contributed by atoms with Crippen LogP contribution in [-0.2, 0) is 11.8 Å². The van der Waals surface area contributed by atoms with Gasteiger partial charge in [-0.3, -0.25) is 0 Å². The maximum absolute atomic E-state index is 2.65. The zero-order chi connectivity index (χ0) is 12.2. The Morgan fingerprint density at radius 2 is 1.89 bits per heavy atom. The van der Waals surface area contributed by atoms with Crippen LogP contribution in [0.15, 0.2) is 18.2 Å². The molecular weight excluding hydrogens is 218 g/mol. The molecule has 1 spiro atoms. The summed E-state index contributed by atoms with van der Waals surface area (Å²) in [5.74, 6) is 0. The summed E-state index contributed by atoms with van der Waals surface area (Å²) >= 11 is 0. The topological polar surface area (TPSA) is 3.01 Å². The Bertz CT molecular complexity index is 533. The Hall–Kier alpha value is -1.11. The number of rotatable bonds is 0. The zero-order valence-electron chi connectivity index (χ0n) is 11.3. The minimum Gasteiger partial charge on any atom is -0.199 e. The Morgan fingerprint density at radius 3 is 2.72 bits per heavy atom. The molecule has 94 valence electrons. The normalized spacial score (nSPS) is 24.5. The van der Waals surface area contributed by atoms with Crippen LogP contribution >= 0.6 is 0 Å². The lowest BCUT2D eigenvalue weighted by Gasteiger charge is -2.31. The first-order chi connectivity index (χ1) is 8.83. The molecule has 1 heteroatoms. The fourth-order valence-electron chi connectivity index (χ4n) is 4.61. The number of hydrogen-bond acceptors (Lipinski definition) is 0. The van der Waals surface area contributed by atoms with Crippen molar-refractivity contribution in [2.24, 2.45) is 0 Å². The van der Waals surface area contributed by atoms with Gasteiger partial charge in [-0.1, -0.05) is 37.5 Å². The molecular formula is C17H22N+. The van der Waals surface area contributed by atoms with E-state index in [0.717, 1.165) is 0 Å². The molecule has 1 aromatic rings. The third-order valence-corrected chi connectivity index (χ3v) is 5.54. The van der Waals surface area contributed by atoms with E-state index in [1.807, 2.05) is 0 Å². The lowest BCUT2D eigenvalue weighted by atomic mass is 9.67. The van der Waals surface area contributed by atoms with Crippen LogP contribution in [0.5, 0.6) is 0 Å². The first-order valence-corrected chi connectivity index (χ1v) is 7.57. The van der Waals surface area contributed by atoms with Crippen LogP contribution in [0.3, 0.4) is 0 Å². The van der Waals surface area contributed by atoms with E-state index in [4.69, 9.17) is 0 Å². The van der Waals surface area contributed by atoms with Crippen LogP contribution in [-0.4, -0.2) is 16.8 Å². The van der Waals surface area contributed by atoms with Gasteiger partial charge in [0.1, 0.15) is 6.54 Å². The van der Waals surface area contributed by atoms with Gasteiger partial charge >= 0.3 is 0 Å². The second kappa shape index (κ2) is 3.69. The second-order valence-corrected chi connectivity index (χ2v) is 6.30. The van der Waals surface area contributed by atoms with Gasteiger partial charge in [-0.25, -0.2) is 0 Å². The number of nitrogens with zero attached hydrogens (tertiary/aromatic N) is 1. The van der Waals surface area contributed by atoms with Crippen molar-refractivity contribution in [3.63, 3.8) is 0 Å². The van der Waals surface area contributed by atoms with Gasteiger partial charge in [0.2, 0.25) is 5.69 Å². The molecule has 1 aromatic carbocycles. The average Bonchev–Trinajstić information content (AvgIpc) is 2.66. The lowest BCUT2D eigenvalue weighted by Crippen LogP contribution is -2.35. The molecule has 2 aliphatic heterocycles. The molecule has 0 N–H and O–H groups in total. The summed E-state index contributed by atoms with van der Waals surface area (Å²) in [6.45, 7) is 3.65. The summed E-state index contributed by atoms with van der Waals surface area (Å²) in [6, 6.07) is 7.06. The zero-order valence-corrected chi connectivity index (χ0v) is 11.3. The van der Waals surface area contributed by atoms with Crippen molar-refractivity contribution in [2.75, 3.05) is 6.54 Å². The Balaban J connectivity index is 1.98. The SMILES string of the molecule is CC1=[N+]2CCCc3cccc(c32)C12CCCCC2. The molecule has 0 amide bonds. The van der Waals surface area contributed by atoms with E-state index in [9.17, 15) is 0 Å². The van der Waals surface area contributed by atoms with E-state index in [-0.39, 0.29) is 0 Å². The molecule has 0 unspecified atom stereocenters. The molecule has 0 aromatic heterocycles. The van der Waals surface area contributed by atoms with Crippen LogP contribution in [0.1, 0.15) is 56.6 Å². The van der Waals surface area contributed by atoms with Gasteiger partial charge in [-0.15, -0.1) is 0 Å². The minimum absolute atomic E-state index is 0.411. The molecule has 0 saturated heterocycles. The highest BCUT2D eigenvalue weighted by Crippen LogP contribution is 2.50. The van der Waals surface area contributed by atoms with Crippen molar-refractivity contribution in [3.05, 3.63) is 29.3 Å². The molecule has 0 radical (unpaired) electrons. The summed E-state index contributed by atoms with van der Waals surface area (Å²) in [5.41, 5.74) is 6.93. The number of fused-ring (bicyclic) bond motifs is 1. The van der Waals surface area contributed by atoms with Gasteiger partial charge in [0.05, 0.1) is 5.41 Å². The van der Waals surface area contributed by atoms with E-state index in [0.29, 0.717) is 5.41 Å². The molecule has 1 fully saturated rings. The van der Waals surface area contributed by atoms with Crippen LogP contribution < -0.4 is 0 Å². The number of para-hydroxylation sites is 1. The third-order valence-electron chi connectivity index (χ3n) is 5.54. The molecule has 0 atom stereocenters. The van der Waals surface area contributed by atoms with E-state index in [1.165, 1.54) is 51.5 Å². The van der Waals surface area contributed by atoms with Crippen molar-refractivity contribution < 1.29 is 4.58 Å². The summed E-state index contributed by atoms with van der Waals surface area (Å²) in [6.07, 6.45) is 9.62. The maximum atomic E-state index is 2.65. The molecule has 1 saturated carbocycles. The summed E-state index contributed by atoms with van der Waals surface area (Å²) < 4.78 is 2.65. The van der Waals surface area contributed by atoms with Crippen molar-refractivity contribution in [2.45, 2.75) is 57.3 Å². The van der Waals surface area contributed by atoms with Crippen molar-refractivity contribution >= 4 is 11.4 Å². The smallest absolute Gasteiger partial charge is 0.199 e. The van der Waals surface area contributed by atoms with Gasteiger partial charge in [0.25, 0.3) is 0 Å². The molecule has 1 aliphatic carbocycles. The third kappa shape index (κ3) is 1.20. The van der Waals surface area contributed by atoms with E-state index < -0.39 is 0 Å². The average molecular weight is 240 g/mol. The second-order valence-electron chi connectivity index (χ2n) is 6.30. The highest BCUT2D eigenvalue weighted by Gasteiger charge is 2.51. The first kappa shape index (κ1) is 10.8. The highest BCUT2D eigenvalue weighted by atomic mass is 15.1. The van der Waals surface area contributed by atoms with Crippen molar-refractivity contribution in [3.8, 4) is 0 Å². The van der Waals surface area contributed by atoms with Gasteiger partial charge in [-0.2, -0.15) is 4.58 Å². The number of benzene rings is 1. The quantitative estimate of drug-likeness (QED) is 0.604. The Kier molecular flexibility index (Phi) is 2.21. The molecule has 0 bridgehead atoms. The summed E-state index contributed by atoms with van der Waals surface area (Å²) in [7, 11) is 0. The first-order valence-electron chi connectivity index (χ1n) is 7.57. The van der Waals surface area contributed by atoms with Crippen LogP contribution in [0, 0.1) is 0 Å². The molecule has 18 heavy (non-hydrogen) atoms. The van der Waals surface area contributed by atoms with E-state index in [1.54, 1.807) is 22.5 Å².